The van der Waals surface area contributed by atoms with Crippen LogP contribution in [0.25, 0.3) is 0 Å². The molecule has 0 aromatic carbocycles. The summed E-state index contributed by atoms with van der Waals surface area (Å²) in [6.45, 7) is 5.69. The minimum absolute atomic E-state index is 0.604. The van der Waals surface area contributed by atoms with Crippen molar-refractivity contribution in [2.45, 2.75) is 71.3 Å². The highest BCUT2D eigenvalue weighted by molar-refractivity contribution is 7.12. The molecule has 0 radical (unpaired) electrons. The molecule has 1 aromatic heterocycles. The van der Waals surface area contributed by atoms with Gasteiger partial charge in [0.15, 0.2) is 0 Å². The average Bonchev–Trinajstić information content (AvgIpc) is 2.66. The lowest BCUT2D eigenvalue weighted by molar-refractivity contribution is 0.500. The fourth-order valence-corrected chi connectivity index (χ4v) is 4.18. The first-order valence-electron chi connectivity index (χ1n) is 7.70. The summed E-state index contributed by atoms with van der Waals surface area (Å²) in [5.41, 5.74) is 1.66. The summed E-state index contributed by atoms with van der Waals surface area (Å²) < 4.78 is 0. The number of hydrogen-bond acceptors (Lipinski definition) is 2. The van der Waals surface area contributed by atoms with E-state index in [-0.39, 0.29) is 0 Å². The summed E-state index contributed by atoms with van der Waals surface area (Å²) in [7, 11) is 0. The van der Waals surface area contributed by atoms with Gasteiger partial charge >= 0.3 is 0 Å². The zero-order valence-electron chi connectivity index (χ0n) is 11.9. The molecular formula is C16H27NS. The van der Waals surface area contributed by atoms with Gasteiger partial charge in [-0.1, -0.05) is 26.7 Å². The van der Waals surface area contributed by atoms with Gasteiger partial charge in [0.1, 0.15) is 0 Å². The smallest absolute Gasteiger partial charge is 0.0414 e. The maximum atomic E-state index is 3.72. The monoisotopic (exact) mass is 265 g/mol. The molecule has 0 fully saturated rings. The van der Waals surface area contributed by atoms with Gasteiger partial charge in [-0.05, 0) is 56.7 Å². The van der Waals surface area contributed by atoms with E-state index in [1.165, 1.54) is 51.4 Å². The van der Waals surface area contributed by atoms with Crippen molar-refractivity contribution in [3.05, 3.63) is 21.4 Å². The van der Waals surface area contributed by atoms with Crippen LogP contribution in [-0.4, -0.2) is 6.54 Å². The molecule has 2 heteroatoms. The molecule has 1 heterocycles. The average molecular weight is 265 g/mol. The number of nitrogens with one attached hydrogen (secondary N) is 1. The number of rotatable bonds is 6. The van der Waals surface area contributed by atoms with Crippen molar-refractivity contribution in [3.8, 4) is 0 Å². The van der Waals surface area contributed by atoms with Crippen LogP contribution in [0.1, 0.15) is 73.7 Å². The third-order valence-electron chi connectivity index (χ3n) is 3.83. The summed E-state index contributed by atoms with van der Waals surface area (Å²) in [5, 5.41) is 3.72. The molecule has 0 saturated carbocycles. The Morgan fingerprint density at radius 2 is 2.00 bits per heavy atom. The topological polar surface area (TPSA) is 12.0 Å². The lowest BCUT2D eigenvalue weighted by atomic mass is 10.1. The van der Waals surface area contributed by atoms with Crippen LogP contribution in [0.2, 0.25) is 0 Å². The first-order valence-corrected chi connectivity index (χ1v) is 8.51. The quantitative estimate of drug-likeness (QED) is 0.724. The Balaban J connectivity index is 2.09. The Hall–Kier alpha value is -0.340. The molecule has 0 aliphatic heterocycles. The Morgan fingerprint density at radius 1 is 1.17 bits per heavy atom. The van der Waals surface area contributed by atoms with E-state index in [1.807, 2.05) is 0 Å². The van der Waals surface area contributed by atoms with Crippen molar-refractivity contribution >= 4 is 11.3 Å². The molecule has 1 atom stereocenters. The molecule has 1 N–H and O–H groups in total. The maximum Gasteiger partial charge on any atom is 0.0414 e. The van der Waals surface area contributed by atoms with Gasteiger partial charge in [-0.2, -0.15) is 0 Å². The van der Waals surface area contributed by atoms with Gasteiger partial charge in [0.25, 0.3) is 0 Å². The highest BCUT2D eigenvalue weighted by Crippen LogP contribution is 2.33. The molecule has 0 amide bonds. The summed E-state index contributed by atoms with van der Waals surface area (Å²) in [4.78, 5) is 3.28. The molecule has 0 saturated heterocycles. The second-order valence-electron chi connectivity index (χ2n) is 5.45. The van der Waals surface area contributed by atoms with Crippen LogP contribution in [0, 0.1) is 0 Å². The molecule has 1 aliphatic carbocycles. The predicted octanol–water partition coefficient (Wildman–Crippen LogP) is 4.86. The van der Waals surface area contributed by atoms with Gasteiger partial charge in [0.05, 0.1) is 0 Å². The maximum absolute atomic E-state index is 3.72. The zero-order chi connectivity index (χ0) is 12.8. The van der Waals surface area contributed by atoms with E-state index in [9.17, 15) is 0 Å². The second kappa shape index (κ2) is 7.30. The summed E-state index contributed by atoms with van der Waals surface area (Å²) in [6.07, 6.45) is 10.6. The zero-order valence-corrected chi connectivity index (χ0v) is 12.7. The highest BCUT2D eigenvalue weighted by Gasteiger charge is 2.17. The minimum Gasteiger partial charge on any atom is -0.309 e. The number of hydrogen-bond donors (Lipinski definition) is 1. The van der Waals surface area contributed by atoms with Crippen molar-refractivity contribution < 1.29 is 0 Å². The molecule has 1 aromatic rings. The largest absolute Gasteiger partial charge is 0.309 e. The Bertz CT molecular complexity index is 332. The number of aryl methyl sites for hydroxylation is 2. The van der Waals surface area contributed by atoms with Crippen LogP contribution in [0.5, 0.6) is 0 Å². The van der Waals surface area contributed by atoms with E-state index < -0.39 is 0 Å². The van der Waals surface area contributed by atoms with E-state index in [1.54, 1.807) is 15.3 Å². The first kappa shape index (κ1) is 14.1. The SMILES string of the molecule is CCCNC(CCC)c1cc2c(s1)CCCCC2. The molecule has 18 heavy (non-hydrogen) atoms. The van der Waals surface area contributed by atoms with Crippen molar-refractivity contribution in [3.63, 3.8) is 0 Å². The Morgan fingerprint density at radius 3 is 2.78 bits per heavy atom. The summed E-state index contributed by atoms with van der Waals surface area (Å²) in [6, 6.07) is 3.11. The fraction of sp³-hybridized carbons (Fsp3) is 0.750. The van der Waals surface area contributed by atoms with Crippen LogP contribution in [0.15, 0.2) is 6.07 Å². The minimum atomic E-state index is 0.604. The van der Waals surface area contributed by atoms with E-state index >= 15 is 0 Å². The van der Waals surface area contributed by atoms with E-state index in [0.29, 0.717) is 6.04 Å². The molecule has 0 spiro atoms. The van der Waals surface area contributed by atoms with E-state index in [2.05, 4.69) is 36.6 Å². The van der Waals surface area contributed by atoms with Crippen molar-refractivity contribution in [1.29, 1.82) is 0 Å². The fourth-order valence-electron chi connectivity index (χ4n) is 2.81. The second-order valence-corrected chi connectivity index (χ2v) is 6.62. The Labute approximate surface area is 116 Å². The van der Waals surface area contributed by atoms with Crippen molar-refractivity contribution in [1.82, 2.24) is 5.32 Å². The van der Waals surface area contributed by atoms with Crippen LogP contribution in [-0.2, 0) is 12.8 Å². The standard InChI is InChI=1S/C16H27NS/c1-3-8-14(17-11-4-2)16-12-13-9-6-5-7-10-15(13)18-16/h12,14,17H,3-11H2,1-2H3. The molecule has 0 bridgehead atoms. The van der Waals surface area contributed by atoms with Gasteiger partial charge in [0.2, 0.25) is 0 Å². The predicted molar refractivity (Wildman–Crippen MR) is 81.5 cm³/mol. The van der Waals surface area contributed by atoms with Gasteiger partial charge in [-0.15, -0.1) is 11.3 Å². The lowest BCUT2D eigenvalue weighted by Gasteiger charge is -2.16. The van der Waals surface area contributed by atoms with E-state index in [0.717, 1.165) is 6.54 Å². The first-order chi connectivity index (χ1) is 8.85. The van der Waals surface area contributed by atoms with Crippen LogP contribution < -0.4 is 5.32 Å². The third kappa shape index (κ3) is 3.58. The van der Waals surface area contributed by atoms with Gasteiger partial charge < -0.3 is 5.32 Å². The van der Waals surface area contributed by atoms with Crippen molar-refractivity contribution in [2.75, 3.05) is 6.54 Å². The Kier molecular flexibility index (Phi) is 5.71. The van der Waals surface area contributed by atoms with Crippen LogP contribution in [0.3, 0.4) is 0 Å². The molecular weight excluding hydrogens is 238 g/mol. The van der Waals surface area contributed by atoms with Crippen LogP contribution >= 0.6 is 11.3 Å². The van der Waals surface area contributed by atoms with Gasteiger partial charge in [0, 0.05) is 15.8 Å². The van der Waals surface area contributed by atoms with Crippen molar-refractivity contribution in [2.24, 2.45) is 0 Å². The molecule has 102 valence electrons. The lowest BCUT2D eigenvalue weighted by Crippen LogP contribution is -2.21. The number of thiophene rings is 1. The van der Waals surface area contributed by atoms with Gasteiger partial charge in [-0.3, -0.25) is 0 Å². The van der Waals surface area contributed by atoms with Gasteiger partial charge in [-0.25, -0.2) is 0 Å². The third-order valence-corrected chi connectivity index (χ3v) is 5.18. The molecule has 1 nitrogen and oxygen atoms in total. The number of fused-ring (bicyclic) bond motifs is 1. The molecule has 1 unspecified atom stereocenters. The molecule has 2 rings (SSSR count). The van der Waals surface area contributed by atoms with Crippen LogP contribution in [0.4, 0.5) is 0 Å². The normalized spacial score (nSPS) is 17.2. The summed E-state index contributed by atoms with van der Waals surface area (Å²) >= 11 is 2.08. The highest BCUT2D eigenvalue weighted by atomic mass is 32.1. The summed E-state index contributed by atoms with van der Waals surface area (Å²) in [5.74, 6) is 0. The molecule has 1 aliphatic rings. The van der Waals surface area contributed by atoms with E-state index in [4.69, 9.17) is 0 Å².